The van der Waals surface area contributed by atoms with Crippen LogP contribution in [0.5, 0.6) is 0 Å². The van der Waals surface area contributed by atoms with Crippen LogP contribution in [0.3, 0.4) is 0 Å². The van der Waals surface area contributed by atoms with Crippen molar-refractivity contribution in [3.63, 3.8) is 0 Å². The summed E-state index contributed by atoms with van der Waals surface area (Å²) in [5.74, 6) is -0.484. The quantitative estimate of drug-likeness (QED) is 0.804. The van der Waals surface area contributed by atoms with Gasteiger partial charge in [-0.15, -0.1) is 0 Å². The molecule has 1 heterocycles. The number of hydrogen-bond acceptors (Lipinski definition) is 4. The first-order valence-corrected chi connectivity index (χ1v) is 4.63. The van der Waals surface area contributed by atoms with E-state index in [0.29, 0.717) is 12.2 Å². The van der Waals surface area contributed by atoms with Crippen molar-refractivity contribution in [2.45, 2.75) is 12.8 Å². The van der Waals surface area contributed by atoms with Gasteiger partial charge >= 0.3 is 12.1 Å². The standard InChI is InChI=1S/C10H12N2O4/c1-16-10(15)12-8-4-2-7(6-11-8)3-5-9(13)14/h2,4,6H,3,5H2,1H3,(H,13,14)(H,11,12,15). The van der Waals surface area contributed by atoms with Crippen LogP contribution in [0.4, 0.5) is 10.6 Å². The number of carboxylic acids is 1. The Morgan fingerprint density at radius 1 is 1.50 bits per heavy atom. The summed E-state index contributed by atoms with van der Waals surface area (Å²) in [7, 11) is 1.26. The number of pyridine rings is 1. The molecule has 2 N–H and O–H groups in total. The lowest BCUT2D eigenvalue weighted by Gasteiger charge is -2.03. The van der Waals surface area contributed by atoms with Crippen LogP contribution < -0.4 is 5.32 Å². The number of nitrogens with zero attached hydrogens (tertiary/aromatic N) is 1. The molecule has 1 amide bonds. The molecule has 0 aliphatic heterocycles. The van der Waals surface area contributed by atoms with E-state index < -0.39 is 12.1 Å². The van der Waals surface area contributed by atoms with Crippen molar-refractivity contribution in [3.05, 3.63) is 23.9 Å². The molecule has 6 nitrogen and oxygen atoms in total. The van der Waals surface area contributed by atoms with Gasteiger partial charge in [0.05, 0.1) is 7.11 Å². The molecule has 16 heavy (non-hydrogen) atoms. The lowest BCUT2D eigenvalue weighted by Crippen LogP contribution is -2.12. The fourth-order valence-corrected chi connectivity index (χ4v) is 1.05. The number of hydrogen-bond donors (Lipinski definition) is 2. The van der Waals surface area contributed by atoms with Crippen molar-refractivity contribution in [3.8, 4) is 0 Å². The Bertz CT molecular complexity index is 375. The van der Waals surface area contributed by atoms with Crippen LogP contribution >= 0.6 is 0 Å². The maximum Gasteiger partial charge on any atom is 0.412 e. The van der Waals surface area contributed by atoms with Crippen molar-refractivity contribution in [2.75, 3.05) is 12.4 Å². The Morgan fingerprint density at radius 2 is 2.25 bits per heavy atom. The van der Waals surface area contributed by atoms with Crippen LogP contribution in [-0.2, 0) is 16.0 Å². The van der Waals surface area contributed by atoms with Gasteiger partial charge in [-0.05, 0) is 18.1 Å². The number of aromatic nitrogens is 1. The summed E-state index contributed by atoms with van der Waals surface area (Å²) in [6, 6.07) is 3.30. The van der Waals surface area contributed by atoms with E-state index >= 15 is 0 Å². The molecule has 0 spiro atoms. The molecule has 1 aromatic heterocycles. The highest BCUT2D eigenvalue weighted by molar-refractivity contribution is 5.83. The molecular weight excluding hydrogens is 212 g/mol. The second kappa shape index (κ2) is 5.69. The lowest BCUT2D eigenvalue weighted by molar-refractivity contribution is -0.136. The minimum absolute atomic E-state index is 0.0610. The summed E-state index contributed by atoms with van der Waals surface area (Å²) in [4.78, 5) is 25.1. The van der Waals surface area contributed by atoms with Crippen molar-refractivity contribution in [1.29, 1.82) is 0 Å². The average molecular weight is 224 g/mol. The predicted molar refractivity (Wildman–Crippen MR) is 56.2 cm³/mol. The Morgan fingerprint density at radius 3 is 2.75 bits per heavy atom. The van der Waals surface area contributed by atoms with Gasteiger partial charge in [-0.3, -0.25) is 10.1 Å². The fourth-order valence-electron chi connectivity index (χ4n) is 1.05. The van der Waals surface area contributed by atoms with Crippen molar-refractivity contribution < 1.29 is 19.4 Å². The van der Waals surface area contributed by atoms with Crippen LogP contribution in [0.1, 0.15) is 12.0 Å². The summed E-state index contributed by atoms with van der Waals surface area (Å²) in [6.45, 7) is 0. The number of aliphatic carboxylic acids is 1. The van der Waals surface area contributed by atoms with E-state index in [2.05, 4.69) is 15.0 Å². The zero-order valence-electron chi connectivity index (χ0n) is 8.77. The third-order valence-electron chi connectivity index (χ3n) is 1.87. The Labute approximate surface area is 92.3 Å². The van der Waals surface area contributed by atoms with Gasteiger partial charge in [0, 0.05) is 12.6 Å². The van der Waals surface area contributed by atoms with Gasteiger partial charge in [-0.25, -0.2) is 9.78 Å². The van der Waals surface area contributed by atoms with Gasteiger partial charge in [-0.1, -0.05) is 6.07 Å². The van der Waals surface area contributed by atoms with Crippen LogP contribution in [0.25, 0.3) is 0 Å². The second-order valence-corrected chi connectivity index (χ2v) is 3.06. The number of ether oxygens (including phenoxy) is 1. The number of amides is 1. The monoisotopic (exact) mass is 224 g/mol. The summed E-state index contributed by atoms with van der Waals surface area (Å²) in [5, 5.41) is 10.9. The highest BCUT2D eigenvalue weighted by Crippen LogP contribution is 2.07. The summed E-state index contributed by atoms with van der Waals surface area (Å²) in [5.41, 5.74) is 0.804. The number of aryl methyl sites for hydroxylation is 1. The molecule has 0 aliphatic carbocycles. The first-order chi connectivity index (χ1) is 7.61. The smallest absolute Gasteiger partial charge is 0.412 e. The molecule has 0 unspecified atom stereocenters. The van der Waals surface area contributed by atoms with E-state index in [4.69, 9.17) is 5.11 Å². The summed E-state index contributed by atoms with van der Waals surface area (Å²) in [6.07, 6.45) is 1.41. The average Bonchev–Trinajstić information content (AvgIpc) is 2.28. The van der Waals surface area contributed by atoms with E-state index in [0.717, 1.165) is 5.56 Å². The molecular formula is C10H12N2O4. The van der Waals surface area contributed by atoms with Gasteiger partial charge in [0.2, 0.25) is 0 Å². The summed E-state index contributed by atoms with van der Waals surface area (Å²) < 4.78 is 4.40. The lowest BCUT2D eigenvalue weighted by atomic mass is 10.1. The van der Waals surface area contributed by atoms with Gasteiger partial charge in [-0.2, -0.15) is 0 Å². The van der Waals surface area contributed by atoms with Crippen LogP contribution in [0, 0.1) is 0 Å². The van der Waals surface area contributed by atoms with Crippen LogP contribution in [-0.4, -0.2) is 29.3 Å². The first kappa shape index (κ1) is 12.0. The third-order valence-corrected chi connectivity index (χ3v) is 1.87. The van der Waals surface area contributed by atoms with E-state index in [1.807, 2.05) is 0 Å². The molecule has 0 aromatic carbocycles. The van der Waals surface area contributed by atoms with E-state index in [9.17, 15) is 9.59 Å². The maximum absolute atomic E-state index is 10.8. The predicted octanol–water partition coefficient (Wildman–Crippen LogP) is 1.28. The maximum atomic E-state index is 10.8. The molecule has 0 atom stereocenters. The van der Waals surface area contributed by atoms with Crippen molar-refractivity contribution >= 4 is 17.9 Å². The molecule has 0 saturated carbocycles. The van der Waals surface area contributed by atoms with Gasteiger partial charge in [0.15, 0.2) is 0 Å². The fraction of sp³-hybridized carbons (Fsp3) is 0.300. The third kappa shape index (κ3) is 3.95. The number of carbonyl (C=O) groups excluding carboxylic acids is 1. The Balaban J connectivity index is 2.54. The zero-order valence-corrected chi connectivity index (χ0v) is 8.77. The number of anilines is 1. The Kier molecular flexibility index (Phi) is 4.26. The van der Waals surface area contributed by atoms with Crippen molar-refractivity contribution in [2.24, 2.45) is 0 Å². The van der Waals surface area contributed by atoms with Gasteiger partial charge in [0.1, 0.15) is 5.82 Å². The minimum atomic E-state index is -0.850. The van der Waals surface area contributed by atoms with E-state index in [1.165, 1.54) is 13.3 Å². The largest absolute Gasteiger partial charge is 0.481 e. The van der Waals surface area contributed by atoms with Crippen molar-refractivity contribution in [1.82, 2.24) is 4.98 Å². The number of methoxy groups -OCH3 is 1. The Hall–Kier alpha value is -2.11. The molecule has 0 bridgehead atoms. The normalized spacial score (nSPS) is 9.56. The van der Waals surface area contributed by atoms with Gasteiger partial charge < -0.3 is 9.84 Å². The van der Waals surface area contributed by atoms with E-state index in [1.54, 1.807) is 12.1 Å². The second-order valence-electron chi connectivity index (χ2n) is 3.06. The molecule has 0 fully saturated rings. The SMILES string of the molecule is COC(=O)Nc1ccc(CCC(=O)O)cn1. The highest BCUT2D eigenvalue weighted by Gasteiger charge is 2.03. The van der Waals surface area contributed by atoms with Crippen LogP contribution in [0.15, 0.2) is 18.3 Å². The molecule has 0 radical (unpaired) electrons. The first-order valence-electron chi connectivity index (χ1n) is 4.63. The molecule has 1 aromatic rings. The minimum Gasteiger partial charge on any atom is -0.481 e. The highest BCUT2D eigenvalue weighted by atomic mass is 16.5. The zero-order chi connectivity index (χ0) is 12.0. The molecule has 1 rings (SSSR count). The number of carbonyl (C=O) groups is 2. The molecule has 86 valence electrons. The summed E-state index contributed by atoms with van der Waals surface area (Å²) >= 11 is 0. The number of carboxylic acid groups (broad SMARTS) is 1. The van der Waals surface area contributed by atoms with Crippen LogP contribution in [0.2, 0.25) is 0 Å². The number of rotatable bonds is 4. The topological polar surface area (TPSA) is 88.5 Å². The molecule has 0 aliphatic rings. The number of nitrogens with one attached hydrogen (secondary N) is 1. The molecule has 6 heteroatoms. The van der Waals surface area contributed by atoms with Gasteiger partial charge in [0.25, 0.3) is 0 Å². The molecule has 0 saturated heterocycles. The van der Waals surface area contributed by atoms with E-state index in [-0.39, 0.29) is 6.42 Å².